The summed E-state index contributed by atoms with van der Waals surface area (Å²) in [5, 5.41) is 8.68. The largest absolute Gasteiger partial charge is 1.00 e. The predicted octanol–water partition coefficient (Wildman–Crippen LogP) is 10.3. The SMILES string of the molecule is C=Nc1ncnc2c1ncn2[C@@H]1OC(OCP(C)(=O)CC(C)CC)C=C1F.C=Nc1ncnc2c1ncn2[C@@H]1OC(OCP(C)(=O)CC(C)CC)[C@@H](I)C1F.CCC(C)CP(C)(=O)CO.CCC(C)CP(C)(=O)COCc1ccccc1.CP(=O)([O-])COCc1ccccc1.O=C=O.O=C=O.O=C=O.O=C=O.[Na+]. The van der Waals surface area contributed by atoms with E-state index >= 15 is 0 Å². The summed E-state index contributed by atoms with van der Waals surface area (Å²) in [5.74, 6) is 1.80. The van der Waals surface area contributed by atoms with Crippen LogP contribution in [0.2, 0.25) is 0 Å². The molecule has 1 fully saturated rings. The van der Waals surface area contributed by atoms with Gasteiger partial charge in [0, 0.05) is 38.1 Å². The number of aliphatic hydroxyl groups is 1. The number of ether oxygens (including phenoxy) is 6. The molecule has 8 rings (SSSR count). The number of aromatic nitrogens is 8. The van der Waals surface area contributed by atoms with Crippen LogP contribution in [0.5, 0.6) is 0 Å². The first-order chi connectivity index (χ1) is 50.4. The van der Waals surface area contributed by atoms with Crippen molar-refractivity contribution in [1.29, 1.82) is 0 Å². The van der Waals surface area contributed by atoms with Gasteiger partial charge in [0.25, 0.3) is 0 Å². The average molecular weight is 1740 g/mol. The molecule has 15 atom stereocenters. The topological polar surface area (TPSA) is 432 Å². The molecule has 0 saturated carbocycles. The minimum atomic E-state index is -3.27. The maximum absolute atomic E-state index is 15.0. The molecule has 0 bridgehead atoms. The molecule has 6 heterocycles. The molecule has 108 heavy (non-hydrogen) atoms. The van der Waals surface area contributed by atoms with Crippen LogP contribution in [0.3, 0.4) is 0 Å². The van der Waals surface area contributed by atoms with E-state index in [0.717, 1.165) is 43.0 Å². The molecule has 40 heteroatoms. The number of hydrogen-bond donors (Lipinski definition) is 1. The summed E-state index contributed by atoms with van der Waals surface area (Å²) in [7, 11) is -12.6. The van der Waals surface area contributed by atoms with Crippen LogP contribution >= 0.6 is 58.5 Å². The third kappa shape index (κ3) is 42.3. The van der Waals surface area contributed by atoms with Gasteiger partial charge in [-0.05, 0) is 81.6 Å². The van der Waals surface area contributed by atoms with Gasteiger partial charge in [0.1, 0.15) is 53.9 Å². The Hall–Kier alpha value is -5.44. The number of hydrogen-bond acceptors (Lipinski definition) is 29. The van der Waals surface area contributed by atoms with Crippen molar-refractivity contribution in [1.82, 2.24) is 39.0 Å². The third-order valence-corrected chi connectivity index (χ3v) is 25.5. The van der Waals surface area contributed by atoms with Gasteiger partial charge in [0.05, 0.1) is 48.8 Å². The summed E-state index contributed by atoms with van der Waals surface area (Å²) >= 11 is 1.97. The van der Waals surface area contributed by atoms with Gasteiger partial charge in [0.2, 0.25) is 0 Å². The van der Waals surface area contributed by atoms with E-state index in [1.165, 1.54) is 47.2 Å². The Morgan fingerprint density at radius 1 is 0.574 bits per heavy atom. The molecule has 6 aromatic rings. The van der Waals surface area contributed by atoms with Gasteiger partial charge in [-0.15, -0.1) is 0 Å². The third-order valence-electron chi connectivity index (χ3n) is 15.2. The quantitative estimate of drug-likeness (QED) is 0.0139. The van der Waals surface area contributed by atoms with Crippen LogP contribution in [0.4, 0.5) is 20.4 Å². The minimum absolute atomic E-state index is 0. The zero-order valence-corrected chi connectivity index (χ0v) is 72.0. The molecule has 1 N–H and O–H groups in total. The maximum Gasteiger partial charge on any atom is 1.00 e. The molecule has 2 aromatic carbocycles. The van der Waals surface area contributed by atoms with Crippen molar-refractivity contribution in [2.24, 2.45) is 33.7 Å². The van der Waals surface area contributed by atoms with Gasteiger partial charge in [-0.1, -0.05) is 164 Å². The van der Waals surface area contributed by atoms with Crippen LogP contribution in [0.15, 0.2) is 108 Å². The fraction of sp³-hybridized carbons (Fsp3) is 0.559. The Morgan fingerprint density at radius 3 is 1.31 bits per heavy atom. The fourth-order valence-electron chi connectivity index (χ4n) is 9.61. The van der Waals surface area contributed by atoms with Gasteiger partial charge in [-0.2, -0.15) is 38.4 Å². The summed E-state index contributed by atoms with van der Waals surface area (Å²) in [5.41, 5.74) is 3.73. The van der Waals surface area contributed by atoms with Crippen LogP contribution in [0, 0.1) is 23.7 Å². The average Bonchev–Trinajstić information content (AvgIpc) is 1.63. The zero-order valence-electron chi connectivity index (χ0n) is 63.4. The Bertz CT molecular complexity index is 3990. The van der Waals surface area contributed by atoms with E-state index in [0.29, 0.717) is 95.7 Å². The van der Waals surface area contributed by atoms with Crippen molar-refractivity contribution >= 4 is 131 Å². The molecule has 0 spiro atoms. The van der Waals surface area contributed by atoms with Crippen molar-refractivity contribution in [3.63, 3.8) is 0 Å². The summed E-state index contributed by atoms with van der Waals surface area (Å²) in [6.45, 7) is 32.6. The Kier molecular flexibility index (Phi) is 54.1. The molecular weight excluding hydrogens is 1640 g/mol. The van der Waals surface area contributed by atoms with E-state index < -0.39 is 76.9 Å². The number of imidazole rings is 2. The first-order valence-electron chi connectivity index (χ1n) is 33.2. The molecule has 12 unspecified atom stereocenters. The van der Waals surface area contributed by atoms with Crippen LogP contribution in [-0.2, 0) is 103 Å². The number of benzene rings is 2. The second kappa shape index (κ2) is 55.9. The number of fused-ring (bicyclic) bond motifs is 2. The summed E-state index contributed by atoms with van der Waals surface area (Å²) in [6.07, 6.45) is 9.49. The number of alkyl halides is 2. The van der Waals surface area contributed by atoms with E-state index in [9.17, 15) is 36.5 Å². The summed E-state index contributed by atoms with van der Waals surface area (Å²) < 4.78 is 125. The first kappa shape index (κ1) is 105. The normalized spacial score (nSPS) is 19.7. The number of carbonyl (C=O) groups excluding carboxylic acids is 8. The molecule has 0 radical (unpaired) electrons. The number of nitrogens with zero attached hydrogens (tertiary/aromatic N) is 10. The van der Waals surface area contributed by atoms with Gasteiger partial charge >= 0.3 is 54.2 Å². The van der Waals surface area contributed by atoms with E-state index in [2.05, 4.69) is 109 Å². The van der Waals surface area contributed by atoms with Gasteiger partial charge in [-0.25, -0.2) is 48.7 Å². The Labute approximate surface area is 664 Å². The van der Waals surface area contributed by atoms with Gasteiger partial charge in [0.15, 0.2) is 71.0 Å². The molecule has 594 valence electrons. The molecule has 2 aliphatic heterocycles. The van der Waals surface area contributed by atoms with Crippen LogP contribution in [0.25, 0.3) is 22.3 Å². The Balaban J connectivity index is 0. The van der Waals surface area contributed by atoms with Crippen LogP contribution < -0.4 is 34.5 Å². The first-order valence-corrected chi connectivity index (χ1v) is 46.8. The van der Waals surface area contributed by atoms with Crippen LogP contribution in [0.1, 0.15) is 105 Å². The monoisotopic (exact) mass is 1730 g/mol. The van der Waals surface area contributed by atoms with Crippen molar-refractivity contribution in [3.8, 4) is 0 Å². The van der Waals surface area contributed by atoms with E-state index in [1.54, 1.807) is 20.0 Å². The molecule has 2 aliphatic rings. The second-order valence-corrected chi connectivity index (χ2v) is 42.1. The number of aliphatic hydroxyl groups excluding tert-OH is 1. The standard InChI is InChI=1S/C17H24FIN5O3P.C17H23FN5O3P.C14H23O2P.C9H13O3P.C7H17O2P.4CO2.Na/c1-5-10(2)6-28(4,25)9-26-17-12(19)11(18)16(27-17)24-8-23-13-14(20-3)21-7-22-15(13)24;1-5-11(2)7-27(4,24)10-25-13-6-12(18)17(26-13)23-9-22-14-15(19-3)20-8-21-16(14)23;1-4-13(2)11-17(3,15)12-16-10-14-8-6-5-7-9-14;1-13(10,11)8-12-7-9-5-3-2-4-6-9;1-4-7(2)5-10(3,9)6-8;4*2-1-3;/h7-8,10-12,16-17H,3,5-6,9H2,1-2,4H3;6,8-9,11,13,17H,3,5,7,10H2,1-2,4H3;5-9,13H,4,10-12H2,1-3H3;2-6H,7-8H2,1H3,(H,10,11);7-8H,4-6H2,1-3H3;;;;;/q;;;;;;;;;+1/p-1/t10?,11?,12-,16+,17?,28?;11?,13?,17-,27?;;;;;;;;/m01......../s1. The second-order valence-electron chi connectivity index (χ2n) is 25.5. The van der Waals surface area contributed by atoms with Crippen LogP contribution in [-0.4, -0.2) is 195 Å². The minimum Gasteiger partial charge on any atom is -0.798 e. The van der Waals surface area contributed by atoms with E-state index in [4.69, 9.17) is 71.9 Å². The molecule has 1 saturated heterocycles. The fourth-order valence-corrected chi connectivity index (χ4v) is 18.9. The van der Waals surface area contributed by atoms with Crippen molar-refractivity contribution in [2.75, 3.05) is 89.7 Å². The molecule has 0 amide bonds. The van der Waals surface area contributed by atoms with Crippen molar-refractivity contribution in [2.45, 2.75) is 129 Å². The van der Waals surface area contributed by atoms with E-state index in [1.807, 2.05) is 89.9 Å². The van der Waals surface area contributed by atoms with Crippen molar-refractivity contribution < 1.29 is 138 Å². The summed E-state index contributed by atoms with van der Waals surface area (Å²) in [4.78, 5) is 108. The van der Waals surface area contributed by atoms with Gasteiger partial charge in [-0.3, -0.25) is 9.13 Å². The zero-order chi connectivity index (χ0) is 81.6. The van der Waals surface area contributed by atoms with Crippen molar-refractivity contribution in [3.05, 3.63) is 109 Å². The number of rotatable bonds is 31. The summed E-state index contributed by atoms with van der Waals surface area (Å²) in [6, 6.07) is 19.5. The maximum atomic E-state index is 15.0. The molecule has 31 nitrogen and oxygen atoms in total. The predicted molar refractivity (Wildman–Crippen MR) is 405 cm³/mol. The smallest absolute Gasteiger partial charge is 0.798 e. The Morgan fingerprint density at radius 2 is 0.935 bits per heavy atom. The van der Waals surface area contributed by atoms with E-state index in [-0.39, 0.29) is 79.6 Å². The van der Waals surface area contributed by atoms with Gasteiger partial charge < -0.3 is 61.2 Å². The molecule has 0 aliphatic carbocycles. The number of aliphatic imine (C=N–C) groups is 2. The molecule has 4 aromatic heterocycles. The number of halogens is 3. The molecular formula is C68H99F2IN10NaO21P5.